The molecule has 1 N–H and O–H groups in total. The number of amides is 1. The van der Waals surface area contributed by atoms with Gasteiger partial charge in [0, 0.05) is 49.8 Å². The molecule has 1 aliphatic rings. The second-order valence-corrected chi connectivity index (χ2v) is 6.57. The summed E-state index contributed by atoms with van der Waals surface area (Å²) in [6.07, 6.45) is 4.50. The number of hydrogen-bond donors (Lipinski definition) is 1. The maximum Gasteiger partial charge on any atom is 0.254 e. The number of nitrogens with zero attached hydrogens (tertiary/aromatic N) is 3. The van der Waals surface area contributed by atoms with E-state index in [1.54, 1.807) is 28.4 Å². The number of hydrogen-bond acceptors (Lipinski definition) is 5. The van der Waals surface area contributed by atoms with Crippen LogP contribution in [0.5, 0.6) is 0 Å². The molecule has 0 radical (unpaired) electrons. The third-order valence-electron chi connectivity index (χ3n) is 3.86. The van der Waals surface area contributed by atoms with E-state index in [-0.39, 0.29) is 17.7 Å². The van der Waals surface area contributed by atoms with Gasteiger partial charge in [0.25, 0.3) is 5.91 Å². The smallest absolute Gasteiger partial charge is 0.254 e. The van der Waals surface area contributed by atoms with Crippen molar-refractivity contribution in [3.05, 3.63) is 34.0 Å². The van der Waals surface area contributed by atoms with Gasteiger partial charge >= 0.3 is 0 Å². The van der Waals surface area contributed by atoms with Gasteiger partial charge in [-0.05, 0) is 6.42 Å². The molecule has 1 fully saturated rings. The molecule has 2 atom stereocenters. The first kappa shape index (κ1) is 15.2. The Morgan fingerprint density at radius 1 is 1.64 bits per heavy atom. The summed E-state index contributed by atoms with van der Waals surface area (Å²) in [7, 11) is 1.84. The zero-order valence-electron chi connectivity index (χ0n) is 12.8. The summed E-state index contributed by atoms with van der Waals surface area (Å²) in [5, 5.41) is 10.4. The summed E-state index contributed by atoms with van der Waals surface area (Å²) >= 11 is 1.61. The van der Waals surface area contributed by atoms with E-state index in [0.717, 1.165) is 23.7 Å². The normalized spacial score (nSPS) is 19.3. The summed E-state index contributed by atoms with van der Waals surface area (Å²) in [4.78, 5) is 16.8. The molecule has 3 rings (SSSR count). The Bertz CT molecular complexity index is 632. The van der Waals surface area contributed by atoms with E-state index < -0.39 is 0 Å². The zero-order chi connectivity index (χ0) is 15.5. The van der Waals surface area contributed by atoms with Crippen LogP contribution >= 0.6 is 11.3 Å². The number of thiazole rings is 1. The van der Waals surface area contributed by atoms with Gasteiger partial charge in [-0.1, -0.05) is 6.92 Å². The number of aromatic nitrogens is 3. The minimum Gasteiger partial charge on any atom is -0.381 e. The van der Waals surface area contributed by atoms with Crippen molar-refractivity contribution in [2.24, 2.45) is 7.05 Å². The Hall–Kier alpha value is -1.73. The predicted octanol–water partition coefficient (Wildman–Crippen LogP) is 1.91. The highest BCUT2D eigenvalue weighted by Crippen LogP contribution is 2.26. The quantitative estimate of drug-likeness (QED) is 0.914. The van der Waals surface area contributed by atoms with Crippen molar-refractivity contribution in [3.63, 3.8) is 0 Å². The summed E-state index contributed by atoms with van der Waals surface area (Å²) < 4.78 is 7.12. The molecule has 22 heavy (non-hydrogen) atoms. The lowest BCUT2D eigenvalue weighted by Gasteiger charge is -2.11. The van der Waals surface area contributed by atoms with Crippen molar-refractivity contribution in [2.75, 3.05) is 19.8 Å². The molecule has 0 unspecified atom stereocenters. The lowest BCUT2D eigenvalue weighted by molar-refractivity contribution is 0.0950. The van der Waals surface area contributed by atoms with Crippen LogP contribution in [0.2, 0.25) is 0 Å². The fourth-order valence-corrected chi connectivity index (χ4v) is 3.34. The summed E-state index contributed by atoms with van der Waals surface area (Å²) in [6, 6.07) is 0. The maximum absolute atomic E-state index is 12.5. The lowest BCUT2D eigenvalue weighted by atomic mass is 10.0. The summed E-state index contributed by atoms with van der Waals surface area (Å²) in [5.74, 6) is 0.357. The molecule has 0 aromatic carbocycles. The number of carbonyl (C=O) groups is 1. The molecular weight excluding hydrogens is 300 g/mol. The molecule has 0 aliphatic carbocycles. The average Bonchev–Trinajstić information content (AvgIpc) is 3.23. The van der Waals surface area contributed by atoms with Crippen LogP contribution in [0.15, 0.2) is 17.8 Å². The van der Waals surface area contributed by atoms with Crippen molar-refractivity contribution >= 4 is 17.2 Å². The molecule has 0 spiro atoms. The first-order valence-corrected chi connectivity index (χ1v) is 8.32. The van der Waals surface area contributed by atoms with Gasteiger partial charge in [0.15, 0.2) is 0 Å². The molecule has 7 heteroatoms. The van der Waals surface area contributed by atoms with Crippen LogP contribution < -0.4 is 5.32 Å². The Balaban J connectivity index is 1.67. The monoisotopic (exact) mass is 320 g/mol. The Morgan fingerprint density at radius 3 is 3.18 bits per heavy atom. The van der Waals surface area contributed by atoms with Gasteiger partial charge in [0.2, 0.25) is 0 Å². The van der Waals surface area contributed by atoms with Gasteiger partial charge in [-0.3, -0.25) is 9.48 Å². The van der Waals surface area contributed by atoms with Crippen LogP contribution in [0.4, 0.5) is 0 Å². The van der Waals surface area contributed by atoms with E-state index in [9.17, 15) is 4.79 Å². The molecule has 2 aromatic rings. The largest absolute Gasteiger partial charge is 0.381 e. The van der Waals surface area contributed by atoms with Gasteiger partial charge in [0.05, 0.1) is 22.9 Å². The molecule has 0 saturated carbocycles. The Labute approximate surface area is 133 Å². The molecule has 0 bridgehead atoms. The fourth-order valence-electron chi connectivity index (χ4n) is 2.64. The van der Waals surface area contributed by atoms with Crippen LogP contribution in [-0.4, -0.2) is 40.4 Å². The number of rotatable bonds is 5. The highest BCUT2D eigenvalue weighted by atomic mass is 32.1. The highest BCUT2D eigenvalue weighted by molar-refractivity contribution is 7.09. The standard InChI is InChI=1S/C15H20N4O2S/c1-10(15-16-4-6-22-15)7-17-14(20)12-8-19(2)18-13(12)11-3-5-21-9-11/h4,6,8,10-11H,3,5,7,9H2,1-2H3,(H,17,20)/t10-,11-/m1/s1. The molecule has 2 aromatic heterocycles. The van der Waals surface area contributed by atoms with Crippen molar-refractivity contribution in [1.29, 1.82) is 0 Å². The fraction of sp³-hybridized carbons (Fsp3) is 0.533. The predicted molar refractivity (Wildman–Crippen MR) is 84.2 cm³/mol. The van der Waals surface area contributed by atoms with E-state index in [1.165, 1.54) is 0 Å². The topological polar surface area (TPSA) is 69.0 Å². The second-order valence-electron chi connectivity index (χ2n) is 5.64. The molecular formula is C15H20N4O2S. The van der Waals surface area contributed by atoms with Crippen LogP contribution in [0.1, 0.15) is 46.2 Å². The number of ether oxygens (including phenoxy) is 1. The van der Waals surface area contributed by atoms with Gasteiger partial charge in [-0.15, -0.1) is 11.3 Å². The van der Waals surface area contributed by atoms with Gasteiger partial charge < -0.3 is 10.1 Å². The number of nitrogens with one attached hydrogen (secondary N) is 1. The van der Waals surface area contributed by atoms with Gasteiger partial charge in [-0.25, -0.2) is 4.98 Å². The summed E-state index contributed by atoms with van der Waals surface area (Å²) in [5.41, 5.74) is 1.50. The van der Waals surface area contributed by atoms with Crippen LogP contribution in [0.25, 0.3) is 0 Å². The molecule has 6 nitrogen and oxygen atoms in total. The molecule has 1 amide bonds. The maximum atomic E-state index is 12.5. The van der Waals surface area contributed by atoms with Crippen LogP contribution in [0, 0.1) is 0 Å². The minimum absolute atomic E-state index is 0.0709. The zero-order valence-corrected chi connectivity index (χ0v) is 13.6. The Morgan fingerprint density at radius 2 is 2.50 bits per heavy atom. The van der Waals surface area contributed by atoms with Gasteiger partial charge in [-0.2, -0.15) is 5.10 Å². The van der Waals surface area contributed by atoms with E-state index in [0.29, 0.717) is 18.7 Å². The second kappa shape index (κ2) is 6.58. The van der Waals surface area contributed by atoms with Crippen LogP contribution in [-0.2, 0) is 11.8 Å². The first-order valence-electron chi connectivity index (χ1n) is 7.44. The average molecular weight is 320 g/mol. The molecule has 1 aliphatic heterocycles. The molecule has 1 saturated heterocycles. The third-order valence-corrected chi connectivity index (χ3v) is 4.87. The summed E-state index contributed by atoms with van der Waals surface area (Å²) in [6.45, 7) is 4.02. The van der Waals surface area contributed by atoms with Crippen LogP contribution in [0.3, 0.4) is 0 Å². The SMILES string of the molecule is C[C@H](CNC(=O)c1cn(C)nc1[C@@H]1CCOC1)c1nccs1. The van der Waals surface area contributed by atoms with E-state index in [4.69, 9.17) is 4.74 Å². The van der Waals surface area contributed by atoms with E-state index in [1.807, 2.05) is 12.4 Å². The number of aryl methyl sites for hydroxylation is 1. The number of carbonyl (C=O) groups excluding carboxylic acids is 1. The van der Waals surface area contributed by atoms with Crippen molar-refractivity contribution < 1.29 is 9.53 Å². The highest BCUT2D eigenvalue weighted by Gasteiger charge is 2.26. The molecule has 3 heterocycles. The van der Waals surface area contributed by atoms with E-state index in [2.05, 4.69) is 22.3 Å². The lowest BCUT2D eigenvalue weighted by Crippen LogP contribution is -2.28. The van der Waals surface area contributed by atoms with E-state index >= 15 is 0 Å². The van der Waals surface area contributed by atoms with Gasteiger partial charge in [0.1, 0.15) is 0 Å². The van der Waals surface area contributed by atoms with Crippen molar-refractivity contribution in [3.8, 4) is 0 Å². The minimum atomic E-state index is -0.0709. The molecule has 118 valence electrons. The van der Waals surface area contributed by atoms with Crippen molar-refractivity contribution in [2.45, 2.75) is 25.2 Å². The van der Waals surface area contributed by atoms with Crippen molar-refractivity contribution in [1.82, 2.24) is 20.1 Å². The third kappa shape index (κ3) is 3.20. The Kier molecular flexibility index (Phi) is 4.54. The first-order chi connectivity index (χ1) is 10.6.